The zero-order valence-corrected chi connectivity index (χ0v) is 21.4. The van der Waals surface area contributed by atoms with Gasteiger partial charge in [-0.25, -0.2) is 17.8 Å². The molecule has 188 valence electrons. The number of pyridine rings is 1. The van der Waals surface area contributed by atoms with Crippen LogP contribution in [0, 0.1) is 19.7 Å². The van der Waals surface area contributed by atoms with Crippen LogP contribution in [0.1, 0.15) is 27.4 Å². The molecule has 3 aromatic heterocycles. The fourth-order valence-electron chi connectivity index (χ4n) is 3.56. The molecule has 0 saturated heterocycles. The Morgan fingerprint density at radius 1 is 1.22 bits per heavy atom. The van der Waals surface area contributed by atoms with Crippen LogP contribution in [-0.2, 0) is 23.5 Å². The Morgan fingerprint density at radius 3 is 2.64 bits per heavy atom. The topological polar surface area (TPSA) is 116 Å². The zero-order valence-electron chi connectivity index (χ0n) is 19.8. The van der Waals surface area contributed by atoms with Crippen molar-refractivity contribution in [1.82, 2.24) is 14.7 Å². The molecule has 0 spiro atoms. The Morgan fingerprint density at radius 2 is 1.97 bits per heavy atom. The van der Waals surface area contributed by atoms with Crippen molar-refractivity contribution < 1.29 is 26.9 Å². The monoisotopic (exact) mass is 532 g/mol. The van der Waals surface area contributed by atoms with E-state index in [0.717, 1.165) is 18.0 Å². The number of anilines is 1. The molecular formula is C24H22ClFN4O5S. The van der Waals surface area contributed by atoms with Gasteiger partial charge in [0.2, 0.25) is 0 Å². The van der Waals surface area contributed by atoms with Crippen LogP contribution in [0.2, 0.25) is 5.02 Å². The van der Waals surface area contributed by atoms with E-state index >= 15 is 0 Å². The molecule has 0 fully saturated rings. The maximum atomic E-state index is 14.0. The number of aryl methyl sites for hydroxylation is 3. The quantitative estimate of drug-likeness (QED) is 0.366. The number of halogens is 2. The SMILES string of the molecule is Cc1noc(C)c1COc1cc(F)cnc1-c1cc(C(=O)Nc2cc(Cl)cc(S(C)(=O)=O)c2)cn1C. The maximum absolute atomic E-state index is 14.0. The molecule has 0 radical (unpaired) electrons. The van der Waals surface area contributed by atoms with Gasteiger partial charge in [0.15, 0.2) is 15.6 Å². The third kappa shape index (κ3) is 5.42. The van der Waals surface area contributed by atoms with Gasteiger partial charge in [-0.05, 0) is 38.1 Å². The molecule has 3 heterocycles. The third-order valence-corrected chi connectivity index (χ3v) is 6.75. The Labute approximate surface area is 211 Å². The highest BCUT2D eigenvalue weighted by Crippen LogP contribution is 2.31. The van der Waals surface area contributed by atoms with Crippen molar-refractivity contribution in [2.45, 2.75) is 25.3 Å². The molecule has 4 rings (SSSR count). The minimum Gasteiger partial charge on any atom is -0.486 e. The standard InChI is InChI=1S/C24H22ClFN4O5S/c1-13-20(14(2)35-29-13)12-34-22-8-17(26)10-27-23(22)21-5-15(11-30(21)3)24(31)28-18-6-16(25)7-19(9-18)36(4,32)33/h5-11H,12H2,1-4H3,(H,28,31). The highest BCUT2D eigenvalue weighted by atomic mass is 35.5. The lowest BCUT2D eigenvalue weighted by atomic mass is 10.2. The molecule has 0 bridgehead atoms. The maximum Gasteiger partial charge on any atom is 0.257 e. The van der Waals surface area contributed by atoms with Crippen LogP contribution in [-0.4, -0.2) is 35.3 Å². The van der Waals surface area contributed by atoms with Crippen molar-refractivity contribution in [2.24, 2.45) is 7.05 Å². The van der Waals surface area contributed by atoms with Crippen molar-refractivity contribution in [3.05, 3.63) is 76.1 Å². The molecule has 1 N–H and O–H groups in total. The lowest BCUT2D eigenvalue weighted by Crippen LogP contribution is -2.11. The van der Waals surface area contributed by atoms with Crippen molar-refractivity contribution in [1.29, 1.82) is 0 Å². The second-order valence-electron chi connectivity index (χ2n) is 8.22. The Kier molecular flexibility index (Phi) is 6.87. The molecule has 0 saturated carbocycles. The zero-order chi connectivity index (χ0) is 26.2. The summed E-state index contributed by atoms with van der Waals surface area (Å²) < 4.78 is 50.5. The lowest BCUT2D eigenvalue weighted by Gasteiger charge is -2.11. The van der Waals surface area contributed by atoms with Crippen molar-refractivity contribution in [3.63, 3.8) is 0 Å². The number of carbonyl (C=O) groups excluding carboxylic acids is 1. The molecule has 9 nitrogen and oxygen atoms in total. The highest BCUT2D eigenvalue weighted by molar-refractivity contribution is 7.90. The number of amides is 1. The Bertz CT molecular complexity index is 1560. The van der Waals surface area contributed by atoms with Crippen LogP contribution < -0.4 is 10.1 Å². The van der Waals surface area contributed by atoms with Crippen molar-refractivity contribution in [3.8, 4) is 17.1 Å². The van der Waals surface area contributed by atoms with Gasteiger partial charge in [0.05, 0.1) is 33.6 Å². The Balaban J connectivity index is 1.62. The van der Waals surface area contributed by atoms with Gasteiger partial charge < -0.3 is 19.1 Å². The predicted molar refractivity (Wildman–Crippen MR) is 131 cm³/mol. The molecule has 0 aliphatic carbocycles. The molecule has 0 atom stereocenters. The predicted octanol–water partition coefficient (Wildman–Crippen LogP) is 4.72. The number of hydrogen-bond donors (Lipinski definition) is 1. The van der Waals surface area contributed by atoms with Crippen molar-refractivity contribution >= 4 is 33.0 Å². The number of rotatable bonds is 7. The first-order chi connectivity index (χ1) is 16.9. The third-order valence-electron chi connectivity index (χ3n) is 5.44. The van der Waals surface area contributed by atoms with Crippen LogP contribution in [0.5, 0.6) is 5.75 Å². The Hall–Kier alpha value is -3.70. The van der Waals surface area contributed by atoms with Crippen LogP contribution >= 0.6 is 11.6 Å². The lowest BCUT2D eigenvalue weighted by molar-refractivity contribution is 0.102. The highest BCUT2D eigenvalue weighted by Gasteiger charge is 2.19. The van der Waals surface area contributed by atoms with E-state index < -0.39 is 21.6 Å². The number of carbonyl (C=O) groups is 1. The smallest absolute Gasteiger partial charge is 0.257 e. The number of hydrogen-bond acceptors (Lipinski definition) is 7. The molecular weight excluding hydrogens is 511 g/mol. The van der Waals surface area contributed by atoms with Gasteiger partial charge in [0.25, 0.3) is 5.91 Å². The van der Waals surface area contributed by atoms with E-state index in [1.54, 1.807) is 37.7 Å². The summed E-state index contributed by atoms with van der Waals surface area (Å²) in [5.41, 5.74) is 2.71. The molecule has 36 heavy (non-hydrogen) atoms. The van der Waals surface area contributed by atoms with Gasteiger partial charge in [-0.3, -0.25) is 4.79 Å². The fourth-order valence-corrected chi connectivity index (χ4v) is 4.54. The summed E-state index contributed by atoms with van der Waals surface area (Å²) >= 11 is 6.03. The summed E-state index contributed by atoms with van der Waals surface area (Å²) in [5, 5.41) is 6.70. The van der Waals surface area contributed by atoms with Gasteiger partial charge in [-0.2, -0.15) is 0 Å². The average Bonchev–Trinajstić information content (AvgIpc) is 3.33. The van der Waals surface area contributed by atoms with E-state index in [1.807, 2.05) is 0 Å². The van der Waals surface area contributed by atoms with E-state index in [1.165, 1.54) is 24.3 Å². The summed E-state index contributed by atoms with van der Waals surface area (Å²) in [6.45, 7) is 3.62. The summed E-state index contributed by atoms with van der Waals surface area (Å²) in [7, 11) is -1.82. The number of aromatic nitrogens is 3. The molecule has 12 heteroatoms. The molecule has 1 amide bonds. The molecule has 1 aromatic carbocycles. The summed E-state index contributed by atoms with van der Waals surface area (Å²) in [6.07, 6.45) is 3.67. The number of nitrogens with one attached hydrogen (secondary N) is 1. The van der Waals surface area contributed by atoms with Gasteiger partial charge >= 0.3 is 0 Å². The average molecular weight is 533 g/mol. The van der Waals surface area contributed by atoms with E-state index in [0.29, 0.717) is 22.8 Å². The van der Waals surface area contributed by atoms with E-state index in [2.05, 4.69) is 15.5 Å². The fraction of sp³-hybridized carbons (Fsp3) is 0.208. The van der Waals surface area contributed by atoms with Crippen LogP contribution in [0.25, 0.3) is 11.4 Å². The summed E-state index contributed by atoms with van der Waals surface area (Å²) in [5.74, 6) is -0.312. The van der Waals surface area contributed by atoms with E-state index in [-0.39, 0.29) is 33.5 Å². The van der Waals surface area contributed by atoms with Crippen LogP contribution in [0.3, 0.4) is 0 Å². The second-order valence-corrected chi connectivity index (χ2v) is 10.7. The van der Waals surface area contributed by atoms with Crippen LogP contribution in [0.15, 0.2) is 52.1 Å². The number of sulfone groups is 1. The van der Waals surface area contributed by atoms with Gasteiger partial charge in [0, 0.05) is 36.3 Å². The minimum atomic E-state index is -3.52. The normalized spacial score (nSPS) is 11.5. The minimum absolute atomic E-state index is 0.0188. The second kappa shape index (κ2) is 9.75. The first-order valence-corrected chi connectivity index (χ1v) is 12.9. The van der Waals surface area contributed by atoms with Gasteiger partial charge in [-0.15, -0.1) is 0 Å². The first-order valence-electron chi connectivity index (χ1n) is 10.6. The molecule has 0 aliphatic rings. The first kappa shape index (κ1) is 25.4. The number of benzene rings is 1. The molecule has 0 aliphatic heterocycles. The van der Waals surface area contributed by atoms with Crippen LogP contribution in [0.4, 0.5) is 10.1 Å². The molecule has 4 aromatic rings. The van der Waals surface area contributed by atoms with Gasteiger partial charge in [-0.1, -0.05) is 16.8 Å². The van der Waals surface area contributed by atoms with Crippen molar-refractivity contribution in [2.75, 3.05) is 11.6 Å². The van der Waals surface area contributed by atoms with Gasteiger partial charge in [0.1, 0.15) is 23.9 Å². The van der Waals surface area contributed by atoms with E-state index in [4.69, 9.17) is 20.9 Å². The summed E-state index contributed by atoms with van der Waals surface area (Å²) in [6, 6.07) is 6.86. The van der Waals surface area contributed by atoms with E-state index in [9.17, 15) is 17.6 Å². The number of ether oxygens (including phenoxy) is 1. The summed E-state index contributed by atoms with van der Waals surface area (Å²) in [4.78, 5) is 17.1. The molecule has 0 unspecified atom stereocenters. The largest absolute Gasteiger partial charge is 0.486 e. The number of nitrogens with zero attached hydrogens (tertiary/aromatic N) is 3.